The number of rotatable bonds is 2. The number of halogens is 2. The lowest BCUT2D eigenvalue weighted by molar-refractivity contribution is 0.405. The van der Waals surface area contributed by atoms with Gasteiger partial charge in [0.2, 0.25) is 0 Å². The molecule has 0 aliphatic heterocycles. The number of methoxy groups -OCH3 is 1. The van der Waals surface area contributed by atoms with E-state index in [1.165, 1.54) is 19.2 Å². The third-order valence-corrected chi connectivity index (χ3v) is 1.92. The summed E-state index contributed by atoms with van der Waals surface area (Å²) in [6.07, 6.45) is 0. The molecule has 13 heavy (non-hydrogen) atoms. The van der Waals surface area contributed by atoms with Gasteiger partial charge in [0.25, 0.3) is 0 Å². The lowest BCUT2D eigenvalue weighted by Gasteiger charge is -2.08. The van der Waals surface area contributed by atoms with E-state index in [0.717, 1.165) is 0 Å². The molecule has 0 bridgehead atoms. The van der Waals surface area contributed by atoms with Crippen LogP contribution in [0.4, 0.5) is 4.39 Å². The number of nitrogens with zero attached hydrogens (tertiary/aromatic N) is 1. The summed E-state index contributed by atoms with van der Waals surface area (Å²) in [7, 11) is 1.40. The minimum atomic E-state index is -1.02. The zero-order valence-electron chi connectivity index (χ0n) is 6.92. The van der Waals surface area contributed by atoms with Crippen molar-refractivity contribution in [2.45, 2.75) is 5.38 Å². The summed E-state index contributed by atoms with van der Waals surface area (Å²) < 4.78 is 18.0. The Hall–Kier alpha value is -1.27. The number of alkyl halides is 1. The zero-order chi connectivity index (χ0) is 9.84. The molecule has 4 heteroatoms. The first-order valence-corrected chi connectivity index (χ1v) is 4.00. The van der Waals surface area contributed by atoms with Crippen LogP contribution in [0.2, 0.25) is 0 Å². The molecule has 1 atom stereocenters. The molecule has 0 saturated heterocycles. The fourth-order valence-corrected chi connectivity index (χ4v) is 1.22. The van der Waals surface area contributed by atoms with E-state index in [4.69, 9.17) is 21.6 Å². The minimum Gasteiger partial charge on any atom is -0.496 e. The standard InChI is InChI=1S/C9H7ClFNO/c1-13-8-4-2-3-7(11)9(8)6(10)5-12/h2-4,6H,1H3. The van der Waals surface area contributed by atoms with E-state index in [-0.39, 0.29) is 5.56 Å². The smallest absolute Gasteiger partial charge is 0.151 e. The number of hydrogen-bond donors (Lipinski definition) is 0. The first-order chi connectivity index (χ1) is 6.20. The summed E-state index contributed by atoms with van der Waals surface area (Å²) in [5.41, 5.74) is 0.0918. The molecule has 0 aromatic heterocycles. The molecular weight excluding hydrogens is 193 g/mol. The second kappa shape index (κ2) is 4.11. The maximum absolute atomic E-state index is 13.2. The van der Waals surface area contributed by atoms with Gasteiger partial charge in [0.05, 0.1) is 18.7 Å². The lowest BCUT2D eigenvalue weighted by Crippen LogP contribution is -1.97. The Kier molecular flexibility index (Phi) is 3.10. The van der Waals surface area contributed by atoms with Gasteiger partial charge in [0.15, 0.2) is 5.38 Å². The molecular formula is C9H7ClFNO. The number of nitriles is 1. The Morgan fingerprint density at radius 2 is 2.31 bits per heavy atom. The van der Waals surface area contributed by atoms with Crippen molar-refractivity contribution in [2.24, 2.45) is 0 Å². The molecule has 0 amide bonds. The molecule has 2 nitrogen and oxygen atoms in total. The van der Waals surface area contributed by atoms with E-state index in [9.17, 15) is 4.39 Å². The molecule has 0 heterocycles. The summed E-state index contributed by atoms with van der Waals surface area (Å²) in [5, 5.41) is 7.51. The maximum Gasteiger partial charge on any atom is 0.151 e. The van der Waals surface area contributed by atoms with E-state index >= 15 is 0 Å². The SMILES string of the molecule is COc1cccc(F)c1C(Cl)C#N. The molecule has 1 aromatic carbocycles. The van der Waals surface area contributed by atoms with Crippen molar-refractivity contribution in [2.75, 3.05) is 7.11 Å². The summed E-state index contributed by atoms with van der Waals surface area (Å²) in [4.78, 5) is 0. The molecule has 68 valence electrons. The molecule has 1 aromatic rings. The van der Waals surface area contributed by atoms with E-state index < -0.39 is 11.2 Å². The van der Waals surface area contributed by atoms with Crippen LogP contribution in [0, 0.1) is 17.1 Å². The minimum absolute atomic E-state index is 0.0918. The first-order valence-electron chi connectivity index (χ1n) is 3.56. The van der Waals surface area contributed by atoms with E-state index in [1.807, 2.05) is 0 Å². The van der Waals surface area contributed by atoms with Gasteiger partial charge in [0.1, 0.15) is 11.6 Å². The van der Waals surface area contributed by atoms with Gasteiger partial charge in [-0.2, -0.15) is 5.26 Å². The quantitative estimate of drug-likeness (QED) is 0.686. The predicted octanol–water partition coefficient (Wildman–Crippen LogP) is 2.64. The van der Waals surface area contributed by atoms with Gasteiger partial charge in [0, 0.05) is 0 Å². The molecule has 0 aliphatic carbocycles. The molecule has 0 spiro atoms. The van der Waals surface area contributed by atoms with Crippen LogP contribution < -0.4 is 4.74 Å². The van der Waals surface area contributed by atoms with Gasteiger partial charge in [-0.1, -0.05) is 6.07 Å². The molecule has 0 aliphatic rings. The van der Waals surface area contributed by atoms with Gasteiger partial charge in [-0.05, 0) is 12.1 Å². The summed E-state index contributed by atoms with van der Waals surface area (Å²) in [6.45, 7) is 0. The van der Waals surface area contributed by atoms with E-state index in [2.05, 4.69) is 0 Å². The molecule has 1 unspecified atom stereocenters. The molecule has 0 fully saturated rings. The second-order valence-electron chi connectivity index (χ2n) is 2.35. The number of benzene rings is 1. The van der Waals surface area contributed by atoms with Crippen LogP contribution in [0.25, 0.3) is 0 Å². The topological polar surface area (TPSA) is 33.0 Å². The van der Waals surface area contributed by atoms with Crippen LogP contribution in [-0.4, -0.2) is 7.11 Å². The average Bonchev–Trinajstić information content (AvgIpc) is 2.16. The van der Waals surface area contributed by atoms with Crippen molar-refractivity contribution in [3.05, 3.63) is 29.6 Å². The molecule has 0 radical (unpaired) electrons. The maximum atomic E-state index is 13.2. The Labute approximate surface area is 80.5 Å². The summed E-state index contributed by atoms with van der Waals surface area (Å²) in [6, 6.07) is 6.04. The Balaban J connectivity index is 3.24. The molecule has 1 rings (SSSR count). The van der Waals surface area contributed by atoms with Gasteiger partial charge in [-0.15, -0.1) is 11.6 Å². The largest absolute Gasteiger partial charge is 0.496 e. The monoisotopic (exact) mass is 199 g/mol. The van der Waals surface area contributed by atoms with Crippen LogP contribution in [-0.2, 0) is 0 Å². The number of hydrogen-bond acceptors (Lipinski definition) is 2. The number of ether oxygens (including phenoxy) is 1. The van der Waals surface area contributed by atoms with Crippen molar-refractivity contribution >= 4 is 11.6 Å². The highest BCUT2D eigenvalue weighted by Crippen LogP contribution is 2.31. The van der Waals surface area contributed by atoms with Crippen molar-refractivity contribution in [1.82, 2.24) is 0 Å². The van der Waals surface area contributed by atoms with Crippen LogP contribution in [0.15, 0.2) is 18.2 Å². The fraction of sp³-hybridized carbons (Fsp3) is 0.222. The van der Waals surface area contributed by atoms with Crippen LogP contribution >= 0.6 is 11.6 Å². The third-order valence-electron chi connectivity index (χ3n) is 1.60. The Bertz CT molecular complexity index is 348. The van der Waals surface area contributed by atoms with Crippen LogP contribution in [0.1, 0.15) is 10.9 Å². The van der Waals surface area contributed by atoms with Crippen molar-refractivity contribution in [3.8, 4) is 11.8 Å². The highest BCUT2D eigenvalue weighted by atomic mass is 35.5. The van der Waals surface area contributed by atoms with Gasteiger partial charge < -0.3 is 4.74 Å². The highest BCUT2D eigenvalue weighted by Gasteiger charge is 2.17. The van der Waals surface area contributed by atoms with Gasteiger partial charge in [-0.3, -0.25) is 0 Å². The van der Waals surface area contributed by atoms with Crippen molar-refractivity contribution < 1.29 is 9.13 Å². The molecule has 0 saturated carbocycles. The van der Waals surface area contributed by atoms with E-state index in [0.29, 0.717) is 5.75 Å². The van der Waals surface area contributed by atoms with Crippen molar-refractivity contribution in [3.63, 3.8) is 0 Å². The normalized spacial score (nSPS) is 11.8. The van der Waals surface area contributed by atoms with Gasteiger partial charge >= 0.3 is 0 Å². The summed E-state index contributed by atoms with van der Waals surface area (Å²) >= 11 is 5.60. The Morgan fingerprint density at radius 1 is 1.62 bits per heavy atom. The van der Waals surface area contributed by atoms with Crippen LogP contribution in [0.5, 0.6) is 5.75 Å². The van der Waals surface area contributed by atoms with E-state index in [1.54, 1.807) is 12.1 Å². The highest BCUT2D eigenvalue weighted by molar-refractivity contribution is 6.22. The first kappa shape index (κ1) is 9.82. The second-order valence-corrected chi connectivity index (χ2v) is 2.78. The molecule has 0 N–H and O–H groups in total. The zero-order valence-corrected chi connectivity index (χ0v) is 7.68. The van der Waals surface area contributed by atoms with Crippen LogP contribution in [0.3, 0.4) is 0 Å². The van der Waals surface area contributed by atoms with Crippen molar-refractivity contribution in [1.29, 1.82) is 5.26 Å². The fourth-order valence-electron chi connectivity index (χ4n) is 1.01. The summed E-state index contributed by atoms with van der Waals surface area (Å²) in [5.74, 6) is -0.234. The van der Waals surface area contributed by atoms with Gasteiger partial charge in [-0.25, -0.2) is 4.39 Å². The predicted molar refractivity (Wildman–Crippen MR) is 47.2 cm³/mol. The Morgan fingerprint density at radius 3 is 2.85 bits per heavy atom. The third kappa shape index (κ3) is 1.90. The lowest BCUT2D eigenvalue weighted by atomic mass is 10.1. The average molecular weight is 200 g/mol.